The molecule has 0 radical (unpaired) electrons. The van der Waals surface area contributed by atoms with E-state index in [9.17, 15) is 8.42 Å². The van der Waals surface area contributed by atoms with E-state index in [1.807, 2.05) is 45.9 Å². The lowest BCUT2D eigenvalue weighted by Gasteiger charge is -2.16. The number of hydrogen-bond donors (Lipinski definition) is 1. The summed E-state index contributed by atoms with van der Waals surface area (Å²) in [4.78, 5) is 1.34. The molecule has 0 unspecified atom stereocenters. The van der Waals surface area contributed by atoms with Crippen LogP contribution < -0.4 is 4.72 Å². The summed E-state index contributed by atoms with van der Waals surface area (Å²) in [6.45, 7) is 7.55. The first-order valence-corrected chi connectivity index (χ1v) is 11.1. The zero-order chi connectivity index (χ0) is 18.9. The van der Waals surface area contributed by atoms with Crippen LogP contribution in [0, 0.1) is 27.7 Å². The number of aryl methyl sites for hydroxylation is 2. The third-order valence-electron chi connectivity index (χ3n) is 4.22. The molecule has 136 valence electrons. The van der Waals surface area contributed by atoms with Gasteiger partial charge in [0, 0.05) is 10.6 Å². The predicted molar refractivity (Wildman–Crippen MR) is 107 cm³/mol. The highest BCUT2D eigenvalue weighted by Crippen LogP contribution is 2.31. The van der Waals surface area contributed by atoms with Gasteiger partial charge in [0.05, 0.1) is 4.90 Å². The molecule has 0 saturated carbocycles. The second-order valence-corrected chi connectivity index (χ2v) is 9.80. The molecule has 0 aliphatic heterocycles. The molecule has 1 heterocycles. The zero-order valence-electron chi connectivity index (χ0n) is 14.9. The van der Waals surface area contributed by atoms with Crippen LogP contribution in [0.2, 0.25) is 0 Å². The van der Waals surface area contributed by atoms with E-state index in [4.69, 9.17) is 0 Å². The Morgan fingerprint density at radius 2 is 1.62 bits per heavy atom. The largest absolute Gasteiger partial charge is 0.280 e. The Balaban J connectivity index is 1.86. The molecule has 2 aromatic carbocycles. The number of benzene rings is 2. The number of hydrogen-bond acceptors (Lipinski definition) is 6. The van der Waals surface area contributed by atoms with Crippen molar-refractivity contribution in [2.45, 2.75) is 41.8 Å². The maximum absolute atomic E-state index is 13.0. The summed E-state index contributed by atoms with van der Waals surface area (Å²) in [5.41, 5.74) is 5.71. The Labute approximate surface area is 161 Å². The van der Waals surface area contributed by atoms with Gasteiger partial charge in [-0.1, -0.05) is 29.2 Å². The molecule has 1 aromatic heterocycles. The molecule has 0 aliphatic rings. The number of anilines is 1. The van der Waals surface area contributed by atoms with Crippen molar-refractivity contribution >= 4 is 38.8 Å². The van der Waals surface area contributed by atoms with Crippen LogP contribution in [0.3, 0.4) is 0 Å². The van der Waals surface area contributed by atoms with Crippen LogP contribution in [-0.4, -0.2) is 18.6 Å². The molecule has 0 amide bonds. The van der Waals surface area contributed by atoms with Crippen molar-refractivity contribution in [3.8, 4) is 0 Å². The van der Waals surface area contributed by atoms with Gasteiger partial charge in [-0.3, -0.25) is 4.72 Å². The Kier molecular flexibility index (Phi) is 5.36. The van der Waals surface area contributed by atoms with Gasteiger partial charge in [-0.2, -0.15) is 0 Å². The Hall–Kier alpha value is -1.90. The van der Waals surface area contributed by atoms with Gasteiger partial charge in [0.15, 0.2) is 4.34 Å². The van der Waals surface area contributed by atoms with Crippen molar-refractivity contribution in [2.75, 3.05) is 4.72 Å². The Bertz CT molecular complexity index is 1000. The Morgan fingerprint density at radius 1 is 1.00 bits per heavy atom. The van der Waals surface area contributed by atoms with Crippen LogP contribution in [-0.2, 0) is 10.0 Å². The van der Waals surface area contributed by atoms with Crippen LogP contribution in [0.4, 0.5) is 5.69 Å². The number of aromatic nitrogens is 2. The molecule has 3 aromatic rings. The second-order valence-electron chi connectivity index (χ2n) is 6.03. The summed E-state index contributed by atoms with van der Waals surface area (Å²) in [6, 6.07) is 9.27. The van der Waals surface area contributed by atoms with Crippen LogP contribution in [0.25, 0.3) is 0 Å². The first-order chi connectivity index (χ1) is 12.3. The summed E-state index contributed by atoms with van der Waals surface area (Å²) in [5, 5.41) is 7.79. The van der Waals surface area contributed by atoms with E-state index in [1.165, 1.54) is 23.1 Å². The lowest BCUT2D eigenvalue weighted by atomic mass is 10.0. The minimum absolute atomic E-state index is 0.363. The highest BCUT2D eigenvalue weighted by molar-refractivity contribution is 8.01. The number of nitrogens with one attached hydrogen (secondary N) is 1. The SMILES string of the molecule is Cc1cc(C)c(C)c(S(=O)(=O)Nc2ccc(Sc3nncs3)cc2)c1C. The maximum atomic E-state index is 13.0. The summed E-state index contributed by atoms with van der Waals surface area (Å²) in [6.07, 6.45) is 0. The quantitative estimate of drug-likeness (QED) is 0.665. The first kappa shape index (κ1) is 18.9. The third-order valence-corrected chi connectivity index (χ3v) is 7.66. The van der Waals surface area contributed by atoms with E-state index in [-0.39, 0.29) is 0 Å². The molecule has 0 bridgehead atoms. The highest BCUT2D eigenvalue weighted by Gasteiger charge is 2.22. The smallest absolute Gasteiger partial charge is 0.262 e. The summed E-state index contributed by atoms with van der Waals surface area (Å²) < 4.78 is 29.5. The van der Waals surface area contributed by atoms with Gasteiger partial charge in [-0.25, -0.2) is 8.42 Å². The molecule has 0 saturated heterocycles. The van der Waals surface area contributed by atoms with Crippen molar-refractivity contribution in [3.05, 3.63) is 58.1 Å². The zero-order valence-corrected chi connectivity index (χ0v) is 17.3. The van der Waals surface area contributed by atoms with Gasteiger partial charge < -0.3 is 0 Å². The topological polar surface area (TPSA) is 72.0 Å². The number of sulfonamides is 1. The van der Waals surface area contributed by atoms with E-state index in [2.05, 4.69) is 14.9 Å². The van der Waals surface area contributed by atoms with E-state index >= 15 is 0 Å². The van der Waals surface area contributed by atoms with Gasteiger partial charge in [-0.05, 0) is 74.2 Å². The van der Waals surface area contributed by atoms with E-state index in [0.717, 1.165) is 31.5 Å². The fraction of sp³-hybridized carbons (Fsp3) is 0.222. The third kappa shape index (κ3) is 3.92. The van der Waals surface area contributed by atoms with Crippen molar-refractivity contribution in [2.24, 2.45) is 0 Å². The van der Waals surface area contributed by atoms with E-state index in [0.29, 0.717) is 10.6 Å². The molecular weight excluding hydrogens is 386 g/mol. The molecule has 0 atom stereocenters. The van der Waals surface area contributed by atoms with Crippen LogP contribution in [0.1, 0.15) is 22.3 Å². The van der Waals surface area contributed by atoms with Crippen LogP contribution >= 0.6 is 23.1 Å². The minimum Gasteiger partial charge on any atom is -0.280 e. The van der Waals surface area contributed by atoms with Crippen molar-refractivity contribution in [1.82, 2.24) is 10.2 Å². The molecule has 0 aliphatic carbocycles. The molecule has 8 heteroatoms. The fourth-order valence-corrected chi connectivity index (χ4v) is 5.82. The second kappa shape index (κ2) is 7.38. The lowest BCUT2D eigenvalue weighted by molar-refractivity contribution is 0.599. The summed E-state index contributed by atoms with van der Waals surface area (Å²) in [7, 11) is -3.66. The Morgan fingerprint density at radius 3 is 2.15 bits per heavy atom. The summed E-state index contributed by atoms with van der Waals surface area (Å²) >= 11 is 2.96. The molecule has 1 N–H and O–H groups in total. The normalized spacial score (nSPS) is 11.5. The average molecular weight is 406 g/mol. The number of rotatable bonds is 5. The molecular formula is C18H19N3O2S3. The van der Waals surface area contributed by atoms with Gasteiger partial charge in [0.1, 0.15) is 5.51 Å². The predicted octanol–water partition coefficient (Wildman–Crippen LogP) is 4.72. The van der Waals surface area contributed by atoms with Gasteiger partial charge in [-0.15, -0.1) is 10.2 Å². The first-order valence-electron chi connectivity index (χ1n) is 7.92. The molecule has 26 heavy (non-hydrogen) atoms. The van der Waals surface area contributed by atoms with Crippen LogP contribution in [0.15, 0.2) is 50.0 Å². The fourth-order valence-electron chi connectivity index (χ4n) is 2.69. The highest BCUT2D eigenvalue weighted by atomic mass is 32.2. The van der Waals surface area contributed by atoms with Crippen LogP contribution in [0.5, 0.6) is 0 Å². The minimum atomic E-state index is -3.66. The van der Waals surface area contributed by atoms with Gasteiger partial charge in [0.25, 0.3) is 10.0 Å². The van der Waals surface area contributed by atoms with E-state index in [1.54, 1.807) is 17.6 Å². The molecule has 3 rings (SSSR count). The standard InChI is InChI=1S/C18H19N3O2S3/c1-11-9-12(2)14(4)17(13(11)3)26(22,23)21-15-5-7-16(8-6-15)25-18-20-19-10-24-18/h5-10,21H,1-4H3. The summed E-state index contributed by atoms with van der Waals surface area (Å²) in [5.74, 6) is 0. The molecule has 5 nitrogen and oxygen atoms in total. The monoisotopic (exact) mass is 405 g/mol. The maximum Gasteiger partial charge on any atom is 0.262 e. The number of nitrogens with zero attached hydrogens (tertiary/aromatic N) is 2. The van der Waals surface area contributed by atoms with Crippen molar-refractivity contribution < 1.29 is 8.42 Å². The average Bonchev–Trinajstić information content (AvgIpc) is 3.07. The van der Waals surface area contributed by atoms with Gasteiger partial charge >= 0.3 is 0 Å². The lowest BCUT2D eigenvalue weighted by Crippen LogP contribution is -2.17. The molecule has 0 fully saturated rings. The van der Waals surface area contributed by atoms with Crippen molar-refractivity contribution in [3.63, 3.8) is 0 Å². The molecule has 0 spiro atoms. The van der Waals surface area contributed by atoms with Gasteiger partial charge in [0.2, 0.25) is 0 Å². The van der Waals surface area contributed by atoms with Crippen molar-refractivity contribution in [1.29, 1.82) is 0 Å². The van der Waals surface area contributed by atoms with E-state index < -0.39 is 10.0 Å².